The second-order valence-electron chi connectivity index (χ2n) is 8.37. The van der Waals surface area contributed by atoms with Crippen LogP contribution in [0.4, 0.5) is 0 Å². The van der Waals surface area contributed by atoms with Gasteiger partial charge in [0.2, 0.25) is 0 Å². The van der Waals surface area contributed by atoms with Crippen molar-refractivity contribution in [3.8, 4) is 22.6 Å². The van der Waals surface area contributed by atoms with Gasteiger partial charge in [-0.2, -0.15) is 0 Å². The summed E-state index contributed by atoms with van der Waals surface area (Å²) in [6.07, 6.45) is 0.813. The lowest BCUT2D eigenvalue weighted by Crippen LogP contribution is -2.39. The van der Waals surface area contributed by atoms with Crippen LogP contribution in [0, 0.1) is 13.8 Å². The van der Waals surface area contributed by atoms with Crippen LogP contribution in [0.15, 0.2) is 60.7 Å². The largest absolute Gasteiger partial charge is 0.489 e. The van der Waals surface area contributed by atoms with Gasteiger partial charge < -0.3 is 14.2 Å². The third kappa shape index (κ3) is 5.80. The molecule has 0 bridgehead atoms. The molecule has 0 aliphatic rings. The van der Waals surface area contributed by atoms with Gasteiger partial charge in [-0.05, 0) is 98.8 Å². The Morgan fingerprint density at radius 3 is 2.27 bits per heavy atom. The van der Waals surface area contributed by atoms with Crippen LogP contribution in [0.2, 0.25) is 0 Å². The van der Waals surface area contributed by atoms with E-state index in [2.05, 4.69) is 13.0 Å². The minimum Gasteiger partial charge on any atom is -0.489 e. The summed E-state index contributed by atoms with van der Waals surface area (Å²) < 4.78 is 17.0. The van der Waals surface area contributed by atoms with E-state index in [1.165, 1.54) is 0 Å². The van der Waals surface area contributed by atoms with E-state index >= 15 is 0 Å². The summed E-state index contributed by atoms with van der Waals surface area (Å²) in [7, 11) is 0. The first kappa shape index (κ1) is 24.1. The number of rotatable bonds is 9. The van der Waals surface area contributed by atoms with E-state index in [1.54, 1.807) is 45.0 Å². The summed E-state index contributed by atoms with van der Waals surface area (Å²) in [5.74, 6) is 0.939. The highest BCUT2D eigenvalue weighted by Crippen LogP contribution is 2.32. The molecule has 5 nitrogen and oxygen atoms in total. The maximum absolute atomic E-state index is 12.1. The molecule has 0 aromatic heterocycles. The Balaban J connectivity index is 1.79. The molecule has 172 valence electrons. The molecule has 0 fully saturated rings. The van der Waals surface area contributed by atoms with Crippen molar-refractivity contribution >= 4 is 12.3 Å². The minimum absolute atomic E-state index is 0.312. The van der Waals surface area contributed by atoms with Crippen molar-refractivity contribution in [3.63, 3.8) is 0 Å². The van der Waals surface area contributed by atoms with Crippen LogP contribution in [0.3, 0.4) is 0 Å². The third-order valence-corrected chi connectivity index (χ3v) is 5.48. The zero-order valence-electron chi connectivity index (χ0n) is 19.8. The fourth-order valence-corrected chi connectivity index (χ4v) is 3.58. The van der Waals surface area contributed by atoms with E-state index < -0.39 is 11.6 Å². The maximum atomic E-state index is 12.1. The monoisotopic (exact) mass is 446 g/mol. The van der Waals surface area contributed by atoms with Gasteiger partial charge in [0.05, 0.1) is 6.61 Å². The Kier molecular flexibility index (Phi) is 7.54. The quantitative estimate of drug-likeness (QED) is 0.294. The minimum atomic E-state index is -1.07. The molecule has 0 radical (unpaired) electrons. The molecule has 0 saturated carbocycles. The van der Waals surface area contributed by atoms with Gasteiger partial charge in [0.15, 0.2) is 5.60 Å². The second kappa shape index (κ2) is 10.3. The highest BCUT2D eigenvalue weighted by atomic mass is 16.6. The van der Waals surface area contributed by atoms with Gasteiger partial charge in [-0.1, -0.05) is 24.3 Å². The van der Waals surface area contributed by atoms with Crippen molar-refractivity contribution in [1.82, 2.24) is 0 Å². The van der Waals surface area contributed by atoms with Crippen molar-refractivity contribution < 1.29 is 23.8 Å². The first-order valence-electron chi connectivity index (χ1n) is 11.0. The van der Waals surface area contributed by atoms with E-state index in [1.807, 2.05) is 37.3 Å². The smallest absolute Gasteiger partial charge is 0.349 e. The molecular formula is C28H30O5. The summed E-state index contributed by atoms with van der Waals surface area (Å²) in [5.41, 5.74) is 5.00. The van der Waals surface area contributed by atoms with Gasteiger partial charge in [-0.15, -0.1) is 0 Å². The molecule has 3 aromatic rings. The van der Waals surface area contributed by atoms with Crippen LogP contribution in [0.1, 0.15) is 47.8 Å². The van der Waals surface area contributed by atoms with Crippen LogP contribution in [0.5, 0.6) is 11.5 Å². The molecule has 0 saturated heterocycles. The zero-order chi connectivity index (χ0) is 24.0. The number of hydrogen-bond acceptors (Lipinski definition) is 5. The molecule has 3 rings (SSSR count). The van der Waals surface area contributed by atoms with E-state index in [4.69, 9.17) is 14.2 Å². The Morgan fingerprint density at radius 1 is 0.939 bits per heavy atom. The molecule has 0 aliphatic heterocycles. The van der Waals surface area contributed by atoms with Crippen LogP contribution in [-0.4, -0.2) is 24.5 Å². The highest BCUT2D eigenvalue weighted by molar-refractivity contribution is 5.79. The summed E-state index contributed by atoms with van der Waals surface area (Å²) >= 11 is 0. The Bertz CT molecular complexity index is 1130. The predicted molar refractivity (Wildman–Crippen MR) is 129 cm³/mol. The number of aryl methyl sites for hydroxylation is 1. The van der Waals surface area contributed by atoms with Crippen molar-refractivity contribution in [2.45, 2.75) is 46.8 Å². The fourth-order valence-electron chi connectivity index (χ4n) is 3.58. The SMILES string of the molecule is CCOC(=O)C(C)(C)Oc1ccc(-c2cccc(COc3ccc(C=O)cc3)c2C)c(C)c1. The third-order valence-electron chi connectivity index (χ3n) is 5.48. The number of carbonyl (C=O) groups excluding carboxylic acids is 2. The summed E-state index contributed by atoms with van der Waals surface area (Å²) in [6.45, 7) is 10.0. The number of benzene rings is 3. The summed E-state index contributed by atoms with van der Waals surface area (Å²) in [5, 5.41) is 0. The zero-order valence-corrected chi connectivity index (χ0v) is 19.8. The lowest BCUT2D eigenvalue weighted by molar-refractivity contribution is -0.158. The number of esters is 1. The van der Waals surface area contributed by atoms with Gasteiger partial charge in [0.25, 0.3) is 0 Å². The van der Waals surface area contributed by atoms with E-state index in [0.29, 0.717) is 30.3 Å². The van der Waals surface area contributed by atoms with Crippen LogP contribution in [0.25, 0.3) is 11.1 Å². The number of aldehydes is 1. The Hall–Kier alpha value is -3.60. The molecule has 0 spiro atoms. The Morgan fingerprint density at radius 2 is 1.64 bits per heavy atom. The normalized spacial score (nSPS) is 11.1. The van der Waals surface area contributed by atoms with E-state index in [0.717, 1.165) is 34.1 Å². The van der Waals surface area contributed by atoms with Crippen LogP contribution >= 0.6 is 0 Å². The van der Waals surface area contributed by atoms with Crippen LogP contribution in [-0.2, 0) is 16.1 Å². The first-order valence-corrected chi connectivity index (χ1v) is 11.0. The first-order chi connectivity index (χ1) is 15.7. The van der Waals surface area contributed by atoms with Gasteiger partial charge in [-0.3, -0.25) is 4.79 Å². The molecule has 0 atom stereocenters. The van der Waals surface area contributed by atoms with Gasteiger partial charge in [0.1, 0.15) is 24.4 Å². The topological polar surface area (TPSA) is 61.8 Å². The standard InChI is InChI=1S/C28H30O5/c1-6-31-27(30)28(4,5)33-24-14-15-25(19(2)16-24)26-9-7-8-22(20(26)3)18-32-23-12-10-21(17-29)11-13-23/h7-17H,6,18H2,1-5H3. The van der Waals surface area contributed by atoms with Crippen LogP contribution < -0.4 is 9.47 Å². The van der Waals surface area contributed by atoms with Crippen molar-refractivity contribution in [1.29, 1.82) is 0 Å². The van der Waals surface area contributed by atoms with Gasteiger partial charge in [0, 0.05) is 5.56 Å². The average molecular weight is 447 g/mol. The van der Waals surface area contributed by atoms with E-state index in [-0.39, 0.29) is 0 Å². The molecule has 0 aliphatic carbocycles. The summed E-state index contributed by atoms with van der Waals surface area (Å²) in [4.78, 5) is 23.0. The predicted octanol–water partition coefficient (Wildman–Crippen LogP) is 6.08. The van der Waals surface area contributed by atoms with Crippen molar-refractivity contribution in [2.75, 3.05) is 6.61 Å². The molecule has 0 amide bonds. The van der Waals surface area contributed by atoms with Crippen molar-refractivity contribution in [3.05, 3.63) is 82.9 Å². The van der Waals surface area contributed by atoms with Crippen molar-refractivity contribution in [2.24, 2.45) is 0 Å². The molecule has 0 unspecified atom stereocenters. The Labute approximate surface area is 195 Å². The lowest BCUT2D eigenvalue weighted by atomic mass is 9.93. The molecular weight excluding hydrogens is 416 g/mol. The molecule has 0 heterocycles. The van der Waals surface area contributed by atoms with Gasteiger partial charge >= 0.3 is 5.97 Å². The fraction of sp³-hybridized carbons (Fsp3) is 0.286. The highest BCUT2D eigenvalue weighted by Gasteiger charge is 2.31. The number of ether oxygens (including phenoxy) is 3. The molecule has 0 N–H and O–H groups in total. The van der Waals surface area contributed by atoms with Gasteiger partial charge in [-0.25, -0.2) is 4.79 Å². The lowest BCUT2D eigenvalue weighted by Gasteiger charge is -2.24. The average Bonchev–Trinajstić information content (AvgIpc) is 2.79. The molecule has 33 heavy (non-hydrogen) atoms. The number of hydrogen-bond donors (Lipinski definition) is 0. The summed E-state index contributed by atoms with van der Waals surface area (Å²) in [6, 6.07) is 19.0. The molecule has 3 aromatic carbocycles. The van der Waals surface area contributed by atoms with E-state index in [9.17, 15) is 9.59 Å². The maximum Gasteiger partial charge on any atom is 0.349 e. The second-order valence-corrected chi connectivity index (χ2v) is 8.37. The number of carbonyl (C=O) groups is 2. The molecule has 5 heteroatoms.